The summed E-state index contributed by atoms with van der Waals surface area (Å²) in [6, 6.07) is -0.0370. The molecular weight excluding hydrogens is 126 g/mol. The van der Waals surface area contributed by atoms with Gasteiger partial charge in [0.2, 0.25) is 0 Å². The van der Waals surface area contributed by atoms with Gasteiger partial charge >= 0.3 is 0 Å². The summed E-state index contributed by atoms with van der Waals surface area (Å²) in [4.78, 5) is 0. The van der Waals surface area contributed by atoms with Crippen molar-refractivity contribution in [2.75, 3.05) is 0 Å². The van der Waals surface area contributed by atoms with Gasteiger partial charge in [-0.25, -0.2) is 0 Å². The van der Waals surface area contributed by atoms with E-state index in [0.29, 0.717) is 5.92 Å². The smallest absolute Gasteiger partial charge is 0.0688 e. The normalized spacial score (nSPS) is 17.4. The van der Waals surface area contributed by atoms with Crippen LogP contribution in [0.3, 0.4) is 0 Å². The molecule has 0 aromatic heterocycles. The topological polar surface area (TPSA) is 46.2 Å². The van der Waals surface area contributed by atoms with E-state index in [2.05, 4.69) is 13.8 Å². The molecule has 2 nitrogen and oxygen atoms in total. The van der Waals surface area contributed by atoms with E-state index >= 15 is 0 Å². The van der Waals surface area contributed by atoms with Gasteiger partial charge in [0.1, 0.15) is 0 Å². The predicted molar refractivity (Wildman–Crippen MR) is 43.7 cm³/mol. The van der Waals surface area contributed by atoms with Crippen molar-refractivity contribution in [3.63, 3.8) is 0 Å². The minimum absolute atomic E-state index is 0.0370. The van der Waals surface area contributed by atoms with Gasteiger partial charge < -0.3 is 10.8 Å². The maximum Gasteiger partial charge on any atom is 0.0688 e. The molecule has 0 saturated carbocycles. The van der Waals surface area contributed by atoms with Crippen molar-refractivity contribution >= 4 is 0 Å². The Balaban J connectivity index is 3.50. The molecule has 0 aliphatic heterocycles. The van der Waals surface area contributed by atoms with E-state index in [1.54, 1.807) is 0 Å². The molecule has 0 aromatic rings. The minimum atomic E-state index is -0.317. The van der Waals surface area contributed by atoms with Crippen molar-refractivity contribution in [1.82, 2.24) is 0 Å². The van der Waals surface area contributed by atoms with Gasteiger partial charge in [0.25, 0.3) is 0 Å². The number of aliphatic hydroxyl groups is 1. The molecule has 0 bridgehead atoms. The van der Waals surface area contributed by atoms with Crippen LogP contribution in [0.5, 0.6) is 0 Å². The minimum Gasteiger partial charge on any atom is -0.392 e. The first kappa shape index (κ1) is 9.92. The van der Waals surface area contributed by atoms with Gasteiger partial charge in [0.15, 0.2) is 0 Å². The summed E-state index contributed by atoms with van der Waals surface area (Å²) in [7, 11) is 0. The maximum atomic E-state index is 9.25. The van der Waals surface area contributed by atoms with Gasteiger partial charge in [-0.1, -0.05) is 20.8 Å². The first-order chi connectivity index (χ1) is 4.57. The van der Waals surface area contributed by atoms with Crippen molar-refractivity contribution in [2.45, 2.75) is 45.8 Å². The van der Waals surface area contributed by atoms with E-state index in [4.69, 9.17) is 5.73 Å². The van der Waals surface area contributed by atoms with Crippen molar-refractivity contribution in [2.24, 2.45) is 11.7 Å². The summed E-state index contributed by atoms with van der Waals surface area (Å²) >= 11 is 0. The van der Waals surface area contributed by atoms with Crippen LogP contribution in [-0.4, -0.2) is 17.3 Å². The van der Waals surface area contributed by atoms with E-state index in [1.165, 1.54) is 0 Å². The number of nitrogens with two attached hydrogens (primary N) is 1. The second kappa shape index (κ2) is 4.69. The highest BCUT2D eigenvalue weighted by Gasteiger charge is 2.13. The lowest BCUT2D eigenvalue weighted by molar-refractivity contribution is 0.130. The maximum absolute atomic E-state index is 9.25. The molecule has 0 saturated heterocycles. The number of aliphatic hydroxyl groups excluding tert-OH is 1. The number of hydrogen-bond donors (Lipinski definition) is 2. The highest BCUT2D eigenvalue weighted by Crippen LogP contribution is 2.07. The predicted octanol–water partition coefficient (Wildman–Crippen LogP) is 1.13. The summed E-state index contributed by atoms with van der Waals surface area (Å²) in [6.07, 6.45) is 1.35. The summed E-state index contributed by atoms with van der Waals surface area (Å²) in [6.45, 7) is 6.18. The van der Waals surface area contributed by atoms with Gasteiger partial charge in [0.05, 0.1) is 6.10 Å². The van der Waals surface area contributed by atoms with Crippen LogP contribution in [0, 0.1) is 5.92 Å². The van der Waals surface area contributed by atoms with Gasteiger partial charge in [-0.05, 0) is 18.8 Å². The molecule has 2 atom stereocenters. The Bertz CT molecular complexity index is 83.3. The van der Waals surface area contributed by atoms with E-state index < -0.39 is 0 Å². The lowest BCUT2D eigenvalue weighted by Crippen LogP contribution is -2.35. The number of rotatable bonds is 4. The van der Waals surface area contributed by atoms with Gasteiger partial charge in [0, 0.05) is 6.04 Å². The summed E-state index contributed by atoms with van der Waals surface area (Å²) < 4.78 is 0. The molecule has 3 N–H and O–H groups in total. The van der Waals surface area contributed by atoms with Crippen LogP contribution < -0.4 is 5.73 Å². The monoisotopic (exact) mass is 145 g/mol. The third-order valence-electron chi connectivity index (χ3n) is 1.66. The van der Waals surface area contributed by atoms with Crippen LogP contribution in [-0.2, 0) is 0 Å². The highest BCUT2D eigenvalue weighted by molar-refractivity contribution is 4.71. The molecule has 0 aliphatic rings. The quantitative estimate of drug-likeness (QED) is 0.623. The molecule has 2 heteroatoms. The molecule has 0 fully saturated rings. The van der Waals surface area contributed by atoms with Crippen molar-refractivity contribution in [3.8, 4) is 0 Å². The first-order valence-corrected chi connectivity index (χ1v) is 4.01. The van der Waals surface area contributed by atoms with Crippen molar-refractivity contribution in [1.29, 1.82) is 0 Å². The zero-order chi connectivity index (χ0) is 8.15. The standard InChI is InChI=1S/C8H19NO/c1-4-8(10)7(9)5-6(2)3/h6-8,10H,4-5,9H2,1-3H3/t7-,8+/m1/s1. The molecule has 0 spiro atoms. The molecule has 62 valence electrons. The van der Waals surface area contributed by atoms with Gasteiger partial charge in [-0.15, -0.1) is 0 Å². The molecular formula is C8H19NO. The zero-order valence-electron chi connectivity index (χ0n) is 7.17. The lowest BCUT2D eigenvalue weighted by Gasteiger charge is -2.18. The molecule has 0 unspecified atom stereocenters. The van der Waals surface area contributed by atoms with Crippen molar-refractivity contribution in [3.05, 3.63) is 0 Å². The zero-order valence-corrected chi connectivity index (χ0v) is 7.17. The average Bonchev–Trinajstić information content (AvgIpc) is 1.85. The van der Waals surface area contributed by atoms with Crippen LogP contribution in [0.15, 0.2) is 0 Å². The summed E-state index contributed by atoms with van der Waals surface area (Å²) in [5.41, 5.74) is 5.68. The highest BCUT2D eigenvalue weighted by atomic mass is 16.3. The van der Waals surface area contributed by atoms with Gasteiger partial charge in [-0.3, -0.25) is 0 Å². The van der Waals surface area contributed by atoms with E-state index in [-0.39, 0.29) is 12.1 Å². The van der Waals surface area contributed by atoms with E-state index in [0.717, 1.165) is 12.8 Å². The number of hydrogen-bond acceptors (Lipinski definition) is 2. The van der Waals surface area contributed by atoms with Crippen LogP contribution >= 0.6 is 0 Å². The van der Waals surface area contributed by atoms with Crippen LogP contribution in [0.2, 0.25) is 0 Å². The Morgan fingerprint density at radius 2 is 1.90 bits per heavy atom. The van der Waals surface area contributed by atoms with Gasteiger partial charge in [-0.2, -0.15) is 0 Å². The average molecular weight is 145 g/mol. The Morgan fingerprint density at radius 1 is 1.40 bits per heavy atom. The molecule has 0 radical (unpaired) electrons. The Labute approximate surface area is 63.4 Å². The van der Waals surface area contributed by atoms with Crippen LogP contribution in [0.25, 0.3) is 0 Å². The summed E-state index contributed by atoms with van der Waals surface area (Å²) in [5.74, 6) is 0.580. The Kier molecular flexibility index (Phi) is 4.65. The first-order valence-electron chi connectivity index (χ1n) is 4.01. The third-order valence-corrected chi connectivity index (χ3v) is 1.66. The fourth-order valence-corrected chi connectivity index (χ4v) is 1.00. The molecule has 0 amide bonds. The van der Waals surface area contributed by atoms with E-state index in [9.17, 15) is 5.11 Å². The van der Waals surface area contributed by atoms with Crippen LogP contribution in [0.4, 0.5) is 0 Å². The largest absolute Gasteiger partial charge is 0.392 e. The molecule has 0 aromatic carbocycles. The molecule has 0 aliphatic carbocycles. The third kappa shape index (κ3) is 3.85. The van der Waals surface area contributed by atoms with E-state index in [1.807, 2.05) is 6.92 Å². The fraction of sp³-hybridized carbons (Fsp3) is 1.00. The summed E-state index contributed by atoms with van der Waals surface area (Å²) in [5, 5.41) is 9.25. The Hall–Kier alpha value is -0.0800. The molecule has 0 rings (SSSR count). The molecule has 0 heterocycles. The van der Waals surface area contributed by atoms with Crippen molar-refractivity contribution < 1.29 is 5.11 Å². The Morgan fingerprint density at radius 3 is 2.20 bits per heavy atom. The van der Waals surface area contributed by atoms with Crippen LogP contribution in [0.1, 0.15) is 33.6 Å². The fourth-order valence-electron chi connectivity index (χ4n) is 1.00. The second-order valence-corrected chi connectivity index (χ2v) is 3.27. The second-order valence-electron chi connectivity index (χ2n) is 3.27. The molecule has 10 heavy (non-hydrogen) atoms. The SMILES string of the molecule is CC[C@H](O)[C@H](N)CC(C)C. The lowest BCUT2D eigenvalue weighted by atomic mass is 9.99.